The molecule has 1 saturated heterocycles. The third kappa shape index (κ3) is 2.97. The van der Waals surface area contributed by atoms with Crippen molar-refractivity contribution in [3.05, 3.63) is 24.3 Å². The first-order valence-electron chi connectivity index (χ1n) is 9.97. The monoisotopic (exact) mass is 418 g/mol. The summed E-state index contributed by atoms with van der Waals surface area (Å²) in [7, 11) is 0. The van der Waals surface area contributed by atoms with Crippen LogP contribution in [0.1, 0.15) is 38.5 Å². The number of amides is 1. The molecule has 4 saturated carbocycles. The zero-order valence-electron chi connectivity index (χ0n) is 15.2. The number of hydrogen-bond donors (Lipinski definition) is 1. The van der Waals surface area contributed by atoms with Gasteiger partial charge in [-0.2, -0.15) is 0 Å². The van der Waals surface area contributed by atoms with Crippen molar-refractivity contribution in [3.8, 4) is 0 Å². The molecule has 1 amide bonds. The maximum Gasteiger partial charge on any atom is 0.230 e. The lowest BCUT2D eigenvalue weighted by Crippen LogP contribution is -2.57. The Labute approximate surface area is 163 Å². The Morgan fingerprint density at radius 1 is 1.08 bits per heavy atom. The molecule has 5 fully saturated rings. The molecule has 2 unspecified atom stereocenters. The normalized spacial score (nSPS) is 38.4. The van der Waals surface area contributed by atoms with Gasteiger partial charge >= 0.3 is 0 Å². The van der Waals surface area contributed by atoms with Crippen molar-refractivity contribution in [2.75, 3.05) is 36.5 Å². The molecule has 0 radical (unpaired) electrons. The number of carbonyl (C=O) groups excluding carboxylic acids is 1. The van der Waals surface area contributed by atoms with Crippen LogP contribution in [0.25, 0.3) is 0 Å². The van der Waals surface area contributed by atoms with Gasteiger partial charge in [-0.1, -0.05) is 15.9 Å². The smallest absolute Gasteiger partial charge is 0.230 e. The number of alkyl halides is 1. The molecule has 1 aliphatic heterocycles. The quantitative estimate of drug-likeness (QED) is 0.747. The van der Waals surface area contributed by atoms with Crippen LogP contribution in [0.5, 0.6) is 0 Å². The summed E-state index contributed by atoms with van der Waals surface area (Å²) in [6.07, 6.45) is 7.00. The Kier molecular flexibility index (Phi) is 4.09. The molecule has 5 heteroatoms. The number of morpholine rings is 1. The number of nitrogens with one attached hydrogen (secondary N) is 1. The highest BCUT2D eigenvalue weighted by molar-refractivity contribution is 9.10. The van der Waals surface area contributed by atoms with E-state index in [0.717, 1.165) is 63.1 Å². The van der Waals surface area contributed by atoms with Gasteiger partial charge in [0, 0.05) is 28.8 Å². The summed E-state index contributed by atoms with van der Waals surface area (Å²) in [4.78, 5) is 15.6. The highest BCUT2D eigenvalue weighted by Crippen LogP contribution is 2.64. The zero-order valence-corrected chi connectivity index (χ0v) is 16.8. The third-order valence-corrected chi connectivity index (χ3v) is 7.90. The summed E-state index contributed by atoms with van der Waals surface area (Å²) in [5.41, 5.74) is 1.98. The number of halogens is 1. The molecular weight excluding hydrogens is 392 g/mol. The van der Waals surface area contributed by atoms with E-state index in [1.807, 2.05) is 12.1 Å². The van der Waals surface area contributed by atoms with E-state index in [9.17, 15) is 4.79 Å². The molecule has 6 rings (SSSR count). The predicted molar refractivity (Wildman–Crippen MR) is 107 cm³/mol. The Hall–Kier alpha value is -1.07. The molecule has 1 aromatic rings. The van der Waals surface area contributed by atoms with Crippen LogP contribution in [0.3, 0.4) is 0 Å². The first-order valence-corrected chi connectivity index (χ1v) is 10.8. The van der Waals surface area contributed by atoms with Crippen LogP contribution in [0.15, 0.2) is 24.3 Å². The van der Waals surface area contributed by atoms with E-state index in [2.05, 4.69) is 38.3 Å². The fraction of sp³-hybridized carbons (Fsp3) is 0.667. The van der Waals surface area contributed by atoms with Crippen molar-refractivity contribution in [1.82, 2.24) is 0 Å². The average Bonchev–Trinajstić information content (AvgIpc) is 2.61. The number of hydrogen-bond acceptors (Lipinski definition) is 3. The highest BCUT2D eigenvalue weighted by atomic mass is 79.9. The second-order valence-corrected chi connectivity index (χ2v) is 10.7. The fourth-order valence-corrected chi connectivity index (χ4v) is 7.71. The first-order chi connectivity index (χ1) is 12.5. The maximum atomic E-state index is 13.2. The average molecular weight is 419 g/mol. The Morgan fingerprint density at radius 2 is 1.73 bits per heavy atom. The summed E-state index contributed by atoms with van der Waals surface area (Å²) in [5.74, 6) is 1.70. The van der Waals surface area contributed by atoms with Crippen LogP contribution in [-0.4, -0.2) is 36.5 Å². The van der Waals surface area contributed by atoms with Crippen LogP contribution in [-0.2, 0) is 9.53 Å². The molecule has 0 aromatic heterocycles. The van der Waals surface area contributed by atoms with Gasteiger partial charge in [0.15, 0.2) is 0 Å². The number of carbonyl (C=O) groups is 1. The number of rotatable bonds is 3. The van der Waals surface area contributed by atoms with Crippen LogP contribution in [0, 0.1) is 17.3 Å². The molecule has 4 bridgehead atoms. The lowest BCUT2D eigenvalue weighted by atomic mass is 9.49. The van der Waals surface area contributed by atoms with Gasteiger partial charge in [-0.3, -0.25) is 4.79 Å². The maximum absolute atomic E-state index is 13.2. The van der Waals surface area contributed by atoms with Crippen molar-refractivity contribution in [2.24, 2.45) is 17.3 Å². The second-order valence-electron chi connectivity index (χ2n) is 8.99. The number of benzene rings is 1. The minimum absolute atomic E-state index is 0.156. The molecule has 5 aliphatic rings. The number of anilines is 2. The second kappa shape index (κ2) is 6.23. The van der Waals surface area contributed by atoms with Crippen molar-refractivity contribution in [2.45, 2.75) is 42.8 Å². The molecule has 1 N–H and O–H groups in total. The molecule has 1 heterocycles. The van der Waals surface area contributed by atoms with Crippen molar-refractivity contribution in [3.63, 3.8) is 0 Å². The lowest BCUT2D eigenvalue weighted by molar-refractivity contribution is -0.138. The Morgan fingerprint density at radius 3 is 2.35 bits per heavy atom. The minimum Gasteiger partial charge on any atom is -0.378 e. The Balaban J connectivity index is 1.30. The van der Waals surface area contributed by atoms with Gasteiger partial charge < -0.3 is 15.0 Å². The van der Waals surface area contributed by atoms with Gasteiger partial charge in [-0.15, -0.1) is 0 Å². The Bertz CT molecular complexity index is 684. The highest BCUT2D eigenvalue weighted by Gasteiger charge is 2.59. The summed E-state index contributed by atoms with van der Waals surface area (Å²) in [5, 5.41) is 3.24. The van der Waals surface area contributed by atoms with Crippen molar-refractivity contribution < 1.29 is 9.53 Å². The fourth-order valence-electron chi connectivity index (χ4n) is 6.26. The predicted octanol–water partition coefficient (Wildman–Crippen LogP) is 4.20. The van der Waals surface area contributed by atoms with Crippen LogP contribution < -0.4 is 10.2 Å². The molecule has 4 nitrogen and oxygen atoms in total. The van der Waals surface area contributed by atoms with E-state index in [4.69, 9.17) is 4.74 Å². The van der Waals surface area contributed by atoms with Gasteiger partial charge in [0.2, 0.25) is 5.91 Å². The lowest BCUT2D eigenvalue weighted by Gasteiger charge is -2.59. The molecule has 4 atom stereocenters. The van der Waals surface area contributed by atoms with E-state index in [0.29, 0.717) is 0 Å². The van der Waals surface area contributed by atoms with Crippen LogP contribution in [0.2, 0.25) is 0 Å². The third-order valence-electron chi connectivity index (χ3n) is 6.97. The van der Waals surface area contributed by atoms with E-state index < -0.39 is 0 Å². The van der Waals surface area contributed by atoms with Gasteiger partial charge in [-0.05, 0) is 74.6 Å². The zero-order chi connectivity index (χ0) is 17.8. The van der Waals surface area contributed by atoms with Crippen molar-refractivity contribution in [1.29, 1.82) is 0 Å². The van der Waals surface area contributed by atoms with Gasteiger partial charge in [0.05, 0.1) is 18.6 Å². The number of ether oxygens (including phenoxy) is 1. The SMILES string of the molecule is O=C(Nc1ccc(N2CCOCC2)cc1)C12C[C@@H]3C[C@@H](CC(Br)(C3)C1)C2. The molecule has 4 aliphatic carbocycles. The summed E-state index contributed by atoms with van der Waals surface area (Å²) < 4.78 is 5.64. The van der Waals surface area contributed by atoms with Gasteiger partial charge in [0.1, 0.15) is 0 Å². The van der Waals surface area contributed by atoms with Gasteiger partial charge in [-0.25, -0.2) is 0 Å². The minimum atomic E-state index is -0.156. The van der Waals surface area contributed by atoms with Crippen molar-refractivity contribution >= 4 is 33.2 Å². The number of nitrogens with zero attached hydrogens (tertiary/aromatic N) is 1. The topological polar surface area (TPSA) is 41.6 Å². The van der Waals surface area contributed by atoms with Crippen LogP contribution >= 0.6 is 15.9 Å². The molecule has 1 aromatic carbocycles. The van der Waals surface area contributed by atoms with E-state index >= 15 is 0 Å². The summed E-state index contributed by atoms with van der Waals surface area (Å²) in [6, 6.07) is 8.33. The van der Waals surface area contributed by atoms with Crippen LogP contribution in [0.4, 0.5) is 11.4 Å². The molecule has 140 valence electrons. The summed E-state index contributed by atoms with van der Waals surface area (Å²) in [6.45, 7) is 3.45. The van der Waals surface area contributed by atoms with E-state index in [1.54, 1.807) is 0 Å². The van der Waals surface area contributed by atoms with Gasteiger partial charge in [0.25, 0.3) is 0 Å². The molecule has 0 spiro atoms. The molecular formula is C21H27BrN2O2. The van der Waals surface area contributed by atoms with E-state index in [1.165, 1.54) is 24.9 Å². The first kappa shape index (κ1) is 17.1. The van der Waals surface area contributed by atoms with E-state index in [-0.39, 0.29) is 15.6 Å². The summed E-state index contributed by atoms with van der Waals surface area (Å²) >= 11 is 4.00. The molecule has 26 heavy (non-hydrogen) atoms. The largest absolute Gasteiger partial charge is 0.378 e. The standard InChI is InChI=1S/C21H27BrN2O2/c22-21-12-15-9-16(13-21)11-20(10-15,14-21)19(25)23-17-1-3-18(4-2-17)24-5-7-26-8-6-24/h1-4,15-16H,5-14H2,(H,23,25)/t15-,16+,20?,21?.